The molecule has 7 heteroatoms. The van der Waals surface area contributed by atoms with Crippen LogP contribution in [0.3, 0.4) is 0 Å². The van der Waals surface area contributed by atoms with Crippen LogP contribution in [0.25, 0.3) is 0 Å². The van der Waals surface area contributed by atoms with E-state index in [1.165, 1.54) is 0 Å². The Hall–Kier alpha value is -1.63. The summed E-state index contributed by atoms with van der Waals surface area (Å²) >= 11 is 5.79. The van der Waals surface area contributed by atoms with E-state index in [0.29, 0.717) is 5.02 Å². The van der Waals surface area contributed by atoms with Gasteiger partial charge in [-0.05, 0) is 42.8 Å². The zero-order valence-corrected chi connectivity index (χ0v) is 12.7. The molecule has 0 bridgehead atoms. The molecule has 0 aliphatic heterocycles. The summed E-state index contributed by atoms with van der Waals surface area (Å²) in [5.41, 5.74) is 6.19. The number of hydrogen-bond donors (Lipinski definition) is 2. The number of nitrogen functional groups attached to an aromatic ring is 1. The molecule has 21 heavy (non-hydrogen) atoms. The molecule has 0 saturated heterocycles. The molecule has 0 amide bonds. The first-order valence-electron chi connectivity index (χ1n) is 6.12. The lowest BCUT2D eigenvalue weighted by atomic mass is 10.1. The van der Waals surface area contributed by atoms with Crippen LogP contribution in [-0.2, 0) is 10.0 Å². The van der Waals surface area contributed by atoms with E-state index in [2.05, 4.69) is 4.72 Å². The van der Waals surface area contributed by atoms with Crippen LogP contribution in [0.1, 0.15) is 18.5 Å². The number of halogens is 2. The van der Waals surface area contributed by atoms with Gasteiger partial charge in [0, 0.05) is 11.1 Å². The van der Waals surface area contributed by atoms with Crippen molar-refractivity contribution in [3.8, 4) is 0 Å². The number of nitrogens with one attached hydrogen (secondary N) is 1. The zero-order valence-electron chi connectivity index (χ0n) is 11.2. The maximum Gasteiger partial charge on any atom is 0.243 e. The van der Waals surface area contributed by atoms with Gasteiger partial charge in [-0.1, -0.05) is 23.7 Å². The molecule has 0 saturated carbocycles. The van der Waals surface area contributed by atoms with E-state index in [1.807, 2.05) is 0 Å². The van der Waals surface area contributed by atoms with Crippen molar-refractivity contribution in [3.05, 3.63) is 58.9 Å². The highest BCUT2D eigenvalue weighted by atomic mass is 35.5. The van der Waals surface area contributed by atoms with Crippen LogP contribution in [0.4, 0.5) is 10.1 Å². The predicted octanol–water partition coefficient (Wildman–Crippen LogP) is 3.10. The molecule has 4 nitrogen and oxygen atoms in total. The highest BCUT2D eigenvalue weighted by Crippen LogP contribution is 2.22. The molecule has 0 aliphatic rings. The summed E-state index contributed by atoms with van der Waals surface area (Å²) in [5, 5.41) is 0.566. The smallest absolute Gasteiger partial charge is 0.243 e. The van der Waals surface area contributed by atoms with Gasteiger partial charge in [-0.15, -0.1) is 0 Å². The van der Waals surface area contributed by atoms with Gasteiger partial charge in [-0.3, -0.25) is 0 Å². The zero-order chi connectivity index (χ0) is 15.6. The van der Waals surface area contributed by atoms with E-state index in [-0.39, 0.29) is 10.6 Å². The SMILES string of the molecule is CC(NS(=O)(=O)c1ccc(F)cc1N)c1ccc(Cl)cc1. The molecular formula is C14H14ClFN2O2S. The predicted molar refractivity (Wildman–Crippen MR) is 81.0 cm³/mol. The minimum Gasteiger partial charge on any atom is -0.398 e. The molecule has 2 aromatic rings. The third kappa shape index (κ3) is 3.72. The van der Waals surface area contributed by atoms with Crippen LogP contribution in [-0.4, -0.2) is 8.42 Å². The molecule has 2 rings (SSSR count). The van der Waals surface area contributed by atoms with E-state index in [1.54, 1.807) is 31.2 Å². The number of nitrogens with two attached hydrogens (primary N) is 1. The second-order valence-corrected chi connectivity index (χ2v) is 6.70. The van der Waals surface area contributed by atoms with Crippen molar-refractivity contribution >= 4 is 27.3 Å². The monoisotopic (exact) mass is 328 g/mol. The molecule has 3 N–H and O–H groups in total. The van der Waals surface area contributed by atoms with Crippen LogP contribution in [0.5, 0.6) is 0 Å². The van der Waals surface area contributed by atoms with Crippen molar-refractivity contribution < 1.29 is 12.8 Å². The third-order valence-electron chi connectivity index (χ3n) is 2.96. The first kappa shape index (κ1) is 15.8. The lowest BCUT2D eigenvalue weighted by Crippen LogP contribution is -2.27. The van der Waals surface area contributed by atoms with Crippen molar-refractivity contribution in [3.63, 3.8) is 0 Å². The first-order chi connectivity index (χ1) is 9.79. The van der Waals surface area contributed by atoms with Crippen molar-refractivity contribution in [2.45, 2.75) is 17.9 Å². The lowest BCUT2D eigenvalue weighted by molar-refractivity contribution is 0.567. The average molecular weight is 329 g/mol. The summed E-state index contributed by atoms with van der Waals surface area (Å²) in [6.45, 7) is 1.69. The topological polar surface area (TPSA) is 72.2 Å². The highest BCUT2D eigenvalue weighted by molar-refractivity contribution is 7.89. The average Bonchev–Trinajstić information content (AvgIpc) is 2.38. The number of anilines is 1. The molecule has 0 spiro atoms. The van der Waals surface area contributed by atoms with Crippen LogP contribution in [0.15, 0.2) is 47.4 Å². The summed E-state index contributed by atoms with van der Waals surface area (Å²) in [6.07, 6.45) is 0. The molecular weight excluding hydrogens is 315 g/mol. The molecule has 0 aromatic heterocycles. The van der Waals surface area contributed by atoms with E-state index >= 15 is 0 Å². The van der Waals surface area contributed by atoms with Crippen molar-refractivity contribution in [1.82, 2.24) is 4.72 Å². The number of sulfonamides is 1. The summed E-state index contributed by atoms with van der Waals surface area (Å²) in [5.74, 6) is -0.586. The Morgan fingerprint density at radius 3 is 2.38 bits per heavy atom. The Balaban J connectivity index is 2.26. The van der Waals surface area contributed by atoms with Gasteiger partial charge in [0.25, 0.3) is 0 Å². The molecule has 0 aliphatic carbocycles. The first-order valence-corrected chi connectivity index (χ1v) is 7.98. The molecule has 2 aromatic carbocycles. The lowest BCUT2D eigenvalue weighted by Gasteiger charge is -2.15. The fourth-order valence-corrected chi connectivity index (χ4v) is 3.35. The fourth-order valence-electron chi connectivity index (χ4n) is 1.88. The van der Waals surface area contributed by atoms with E-state index in [9.17, 15) is 12.8 Å². The minimum absolute atomic E-state index is 0.134. The number of rotatable bonds is 4. The minimum atomic E-state index is -3.84. The Morgan fingerprint density at radius 1 is 1.19 bits per heavy atom. The van der Waals surface area contributed by atoms with Crippen LogP contribution < -0.4 is 10.5 Å². The van der Waals surface area contributed by atoms with Crippen molar-refractivity contribution in [1.29, 1.82) is 0 Å². The molecule has 112 valence electrons. The van der Waals surface area contributed by atoms with Crippen molar-refractivity contribution in [2.75, 3.05) is 5.73 Å². The van der Waals surface area contributed by atoms with E-state index in [4.69, 9.17) is 17.3 Å². The summed E-state index contributed by atoms with van der Waals surface area (Å²) in [4.78, 5) is -0.148. The second kappa shape index (κ2) is 6.01. The van der Waals surface area contributed by atoms with Crippen molar-refractivity contribution in [2.24, 2.45) is 0 Å². The van der Waals surface area contributed by atoms with Crippen LogP contribution >= 0.6 is 11.6 Å². The van der Waals surface area contributed by atoms with Gasteiger partial charge in [0.2, 0.25) is 10.0 Å². The summed E-state index contributed by atoms with van der Waals surface area (Å²) in [6, 6.07) is 9.49. The van der Waals surface area contributed by atoms with Crippen LogP contribution in [0, 0.1) is 5.82 Å². The molecule has 1 unspecified atom stereocenters. The van der Waals surface area contributed by atoms with Gasteiger partial charge in [0.1, 0.15) is 10.7 Å². The maximum atomic E-state index is 13.0. The molecule has 0 heterocycles. The summed E-state index contributed by atoms with van der Waals surface area (Å²) in [7, 11) is -3.84. The molecule has 1 atom stereocenters. The second-order valence-electron chi connectivity index (χ2n) is 4.58. The standard InChI is InChI=1S/C14H14ClFN2O2S/c1-9(10-2-4-11(15)5-3-10)18-21(19,20)14-7-6-12(16)8-13(14)17/h2-9,18H,17H2,1H3. The van der Waals surface area contributed by atoms with Gasteiger partial charge < -0.3 is 5.73 Å². The maximum absolute atomic E-state index is 13.0. The van der Waals surface area contributed by atoms with Crippen LogP contribution in [0.2, 0.25) is 5.02 Å². The van der Waals surface area contributed by atoms with Gasteiger partial charge in [-0.2, -0.15) is 0 Å². The quantitative estimate of drug-likeness (QED) is 0.847. The Morgan fingerprint density at radius 2 is 1.81 bits per heavy atom. The van der Waals surface area contributed by atoms with E-state index in [0.717, 1.165) is 23.8 Å². The van der Waals surface area contributed by atoms with E-state index < -0.39 is 21.9 Å². The third-order valence-corrected chi connectivity index (χ3v) is 4.83. The summed E-state index contributed by atoms with van der Waals surface area (Å²) < 4.78 is 40.0. The molecule has 0 fully saturated rings. The van der Waals surface area contributed by atoms with Gasteiger partial charge in [0.15, 0.2) is 0 Å². The van der Waals surface area contributed by atoms with Gasteiger partial charge >= 0.3 is 0 Å². The number of hydrogen-bond acceptors (Lipinski definition) is 3. The Kier molecular flexibility index (Phi) is 4.51. The number of benzene rings is 2. The Labute approximate surface area is 127 Å². The Bertz CT molecular complexity index is 748. The normalized spacial score (nSPS) is 13.1. The highest BCUT2D eigenvalue weighted by Gasteiger charge is 2.21. The fraction of sp³-hybridized carbons (Fsp3) is 0.143. The van der Waals surface area contributed by atoms with Gasteiger partial charge in [-0.25, -0.2) is 17.5 Å². The molecule has 0 radical (unpaired) electrons. The largest absolute Gasteiger partial charge is 0.398 e. The van der Waals surface area contributed by atoms with Gasteiger partial charge in [0.05, 0.1) is 5.69 Å².